The van der Waals surface area contributed by atoms with Crippen LogP contribution in [0, 0.1) is 17.0 Å². The van der Waals surface area contributed by atoms with Crippen molar-refractivity contribution in [3.63, 3.8) is 0 Å². The Labute approximate surface area is 98.6 Å². The molecule has 4 nitrogen and oxygen atoms in total. The van der Waals surface area contributed by atoms with Gasteiger partial charge in [-0.05, 0) is 31.2 Å². The molecule has 1 atom stereocenters. The Morgan fingerprint density at radius 3 is 2.94 bits per heavy atom. The third kappa shape index (κ3) is 2.47. The highest BCUT2D eigenvalue weighted by Crippen LogP contribution is 2.25. The zero-order valence-corrected chi connectivity index (χ0v) is 9.92. The van der Waals surface area contributed by atoms with Crippen LogP contribution in [-0.2, 0) is 0 Å². The highest BCUT2D eigenvalue weighted by molar-refractivity contribution is 7.99. The van der Waals surface area contributed by atoms with E-state index in [-0.39, 0.29) is 10.6 Å². The maximum atomic E-state index is 10.7. The van der Waals surface area contributed by atoms with Crippen molar-refractivity contribution in [2.45, 2.75) is 19.4 Å². The smallest absolute Gasteiger partial charge is 0.272 e. The molecule has 1 aliphatic rings. The van der Waals surface area contributed by atoms with Crippen molar-refractivity contribution in [2.75, 3.05) is 16.8 Å². The molecule has 0 aromatic heterocycles. The van der Waals surface area contributed by atoms with Crippen LogP contribution in [0.5, 0.6) is 0 Å². The van der Waals surface area contributed by atoms with Gasteiger partial charge in [0.2, 0.25) is 0 Å². The normalized spacial score (nSPS) is 19.7. The summed E-state index contributed by atoms with van der Waals surface area (Å²) in [5.74, 6) is 2.32. The summed E-state index contributed by atoms with van der Waals surface area (Å²) in [5.41, 5.74) is 1.88. The maximum absolute atomic E-state index is 10.7. The number of nitrogens with zero attached hydrogens (tertiary/aromatic N) is 1. The Bertz CT molecular complexity index is 403. The van der Waals surface area contributed by atoms with E-state index in [0.717, 1.165) is 11.4 Å². The molecule has 1 saturated heterocycles. The van der Waals surface area contributed by atoms with Crippen LogP contribution in [0.15, 0.2) is 18.2 Å². The van der Waals surface area contributed by atoms with Crippen molar-refractivity contribution >= 4 is 23.1 Å². The summed E-state index contributed by atoms with van der Waals surface area (Å²) >= 11 is 1.94. The summed E-state index contributed by atoms with van der Waals surface area (Å²) in [7, 11) is 0. The Hall–Kier alpha value is -1.23. The molecule has 5 heteroatoms. The molecule has 16 heavy (non-hydrogen) atoms. The highest BCUT2D eigenvalue weighted by Gasteiger charge is 2.16. The minimum absolute atomic E-state index is 0.186. The summed E-state index contributed by atoms with van der Waals surface area (Å²) in [4.78, 5) is 10.3. The fraction of sp³-hybridized carbons (Fsp3) is 0.455. The van der Waals surface area contributed by atoms with E-state index in [1.807, 2.05) is 17.8 Å². The molecule has 1 aromatic rings. The Morgan fingerprint density at radius 2 is 2.38 bits per heavy atom. The van der Waals surface area contributed by atoms with Gasteiger partial charge in [0.15, 0.2) is 0 Å². The molecule has 0 aliphatic carbocycles. The van der Waals surface area contributed by atoms with Gasteiger partial charge in [-0.15, -0.1) is 0 Å². The highest BCUT2D eigenvalue weighted by atomic mass is 32.2. The molecule has 2 rings (SSSR count). The fourth-order valence-corrected chi connectivity index (χ4v) is 2.99. The van der Waals surface area contributed by atoms with Crippen molar-refractivity contribution in [1.82, 2.24) is 0 Å². The molecule has 86 valence electrons. The molecule has 1 fully saturated rings. The van der Waals surface area contributed by atoms with E-state index in [0.29, 0.717) is 11.6 Å². The van der Waals surface area contributed by atoms with Crippen molar-refractivity contribution in [1.29, 1.82) is 0 Å². The first-order valence-corrected chi connectivity index (χ1v) is 6.41. The number of hydrogen-bond acceptors (Lipinski definition) is 4. The second-order valence-corrected chi connectivity index (χ2v) is 5.11. The summed E-state index contributed by atoms with van der Waals surface area (Å²) in [6, 6.07) is 5.71. The first kappa shape index (κ1) is 11.3. The molecular weight excluding hydrogens is 224 g/mol. The first-order chi connectivity index (χ1) is 7.66. The van der Waals surface area contributed by atoms with E-state index in [1.54, 1.807) is 19.1 Å². The molecule has 0 bridgehead atoms. The van der Waals surface area contributed by atoms with Crippen LogP contribution in [0.25, 0.3) is 0 Å². The van der Waals surface area contributed by atoms with Crippen LogP contribution in [-0.4, -0.2) is 22.5 Å². The van der Waals surface area contributed by atoms with E-state index in [2.05, 4.69) is 5.32 Å². The minimum atomic E-state index is -0.343. The third-order valence-electron chi connectivity index (χ3n) is 2.69. The molecule has 1 heterocycles. The van der Waals surface area contributed by atoms with Crippen molar-refractivity contribution in [3.05, 3.63) is 33.9 Å². The lowest BCUT2D eigenvalue weighted by atomic mass is 10.1. The third-order valence-corrected chi connectivity index (χ3v) is 3.86. The van der Waals surface area contributed by atoms with Gasteiger partial charge in [-0.2, -0.15) is 11.8 Å². The summed E-state index contributed by atoms with van der Waals surface area (Å²) in [6.07, 6.45) is 1.17. The minimum Gasteiger partial charge on any atom is -0.381 e. The number of rotatable bonds is 3. The SMILES string of the molecule is Cc1cc(NC2CCSC2)ccc1[N+](=O)[O-]. The number of anilines is 1. The Kier molecular flexibility index (Phi) is 3.33. The lowest BCUT2D eigenvalue weighted by molar-refractivity contribution is -0.385. The maximum Gasteiger partial charge on any atom is 0.272 e. The fourth-order valence-electron chi connectivity index (χ4n) is 1.83. The predicted octanol–water partition coefficient (Wildman–Crippen LogP) is 2.82. The Morgan fingerprint density at radius 1 is 1.56 bits per heavy atom. The predicted molar refractivity (Wildman–Crippen MR) is 67.2 cm³/mol. The van der Waals surface area contributed by atoms with Gasteiger partial charge in [-0.3, -0.25) is 10.1 Å². The van der Waals surface area contributed by atoms with Gasteiger partial charge in [0, 0.05) is 29.1 Å². The second kappa shape index (κ2) is 4.74. The number of nitrogens with one attached hydrogen (secondary N) is 1. The van der Waals surface area contributed by atoms with Crippen molar-refractivity contribution in [3.8, 4) is 0 Å². The standard InChI is InChI=1S/C11H14N2O2S/c1-8-6-9(2-3-11(8)13(14)15)12-10-4-5-16-7-10/h2-3,6,10,12H,4-5,7H2,1H3. The molecule has 1 aromatic carbocycles. The summed E-state index contributed by atoms with van der Waals surface area (Å²) in [6.45, 7) is 1.77. The number of nitro benzene ring substituents is 1. The number of thioether (sulfide) groups is 1. The van der Waals surface area contributed by atoms with Gasteiger partial charge in [0.25, 0.3) is 5.69 Å². The van der Waals surface area contributed by atoms with Crippen LogP contribution in [0.3, 0.4) is 0 Å². The molecule has 0 amide bonds. The van der Waals surface area contributed by atoms with Gasteiger partial charge in [-0.25, -0.2) is 0 Å². The quantitative estimate of drug-likeness (QED) is 0.650. The topological polar surface area (TPSA) is 55.2 Å². The van der Waals surface area contributed by atoms with Gasteiger partial charge < -0.3 is 5.32 Å². The van der Waals surface area contributed by atoms with Gasteiger partial charge in [0.1, 0.15) is 0 Å². The zero-order valence-electron chi connectivity index (χ0n) is 9.10. The Balaban J connectivity index is 2.11. The van der Waals surface area contributed by atoms with Crippen LogP contribution < -0.4 is 5.32 Å². The average molecular weight is 238 g/mol. The van der Waals surface area contributed by atoms with E-state index >= 15 is 0 Å². The molecule has 1 aliphatic heterocycles. The van der Waals surface area contributed by atoms with Crippen molar-refractivity contribution in [2.24, 2.45) is 0 Å². The van der Waals surface area contributed by atoms with Gasteiger partial charge in [-0.1, -0.05) is 0 Å². The summed E-state index contributed by atoms with van der Waals surface area (Å²) < 4.78 is 0. The molecule has 0 spiro atoms. The lowest BCUT2D eigenvalue weighted by Gasteiger charge is -2.13. The van der Waals surface area contributed by atoms with Crippen molar-refractivity contribution < 1.29 is 4.92 Å². The first-order valence-electron chi connectivity index (χ1n) is 5.26. The van der Waals surface area contributed by atoms with Gasteiger partial charge >= 0.3 is 0 Å². The zero-order chi connectivity index (χ0) is 11.5. The number of benzene rings is 1. The molecule has 0 radical (unpaired) electrons. The molecular formula is C11H14N2O2S. The number of nitro groups is 1. The second-order valence-electron chi connectivity index (χ2n) is 3.96. The van der Waals surface area contributed by atoms with E-state index < -0.39 is 0 Å². The largest absolute Gasteiger partial charge is 0.381 e. The monoisotopic (exact) mass is 238 g/mol. The van der Waals surface area contributed by atoms with Gasteiger partial charge in [0.05, 0.1) is 4.92 Å². The number of aryl methyl sites for hydroxylation is 1. The van der Waals surface area contributed by atoms with E-state index in [4.69, 9.17) is 0 Å². The van der Waals surface area contributed by atoms with Crippen LogP contribution in [0.1, 0.15) is 12.0 Å². The van der Waals surface area contributed by atoms with E-state index in [1.165, 1.54) is 12.2 Å². The lowest BCUT2D eigenvalue weighted by Crippen LogP contribution is -2.18. The summed E-state index contributed by atoms with van der Waals surface area (Å²) in [5, 5.41) is 14.1. The van der Waals surface area contributed by atoms with E-state index in [9.17, 15) is 10.1 Å². The van der Waals surface area contributed by atoms with Crippen LogP contribution >= 0.6 is 11.8 Å². The molecule has 1 unspecified atom stereocenters. The van der Waals surface area contributed by atoms with Crippen LogP contribution in [0.2, 0.25) is 0 Å². The molecule has 0 saturated carbocycles. The number of hydrogen-bond donors (Lipinski definition) is 1. The van der Waals surface area contributed by atoms with Crippen LogP contribution in [0.4, 0.5) is 11.4 Å². The average Bonchev–Trinajstić information content (AvgIpc) is 2.70. The molecule has 1 N–H and O–H groups in total.